The van der Waals surface area contributed by atoms with Crippen LogP contribution in [0.5, 0.6) is 0 Å². The maximum atomic E-state index is 13.1. The largest absolute Gasteiger partial charge is 0.340 e. The minimum absolute atomic E-state index is 0.0436. The summed E-state index contributed by atoms with van der Waals surface area (Å²) < 4.78 is 0. The molecule has 4 nitrogen and oxygen atoms in total. The first kappa shape index (κ1) is 16.3. The van der Waals surface area contributed by atoms with Crippen molar-refractivity contribution in [2.75, 3.05) is 0 Å². The van der Waals surface area contributed by atoms with Crippen LogP contribution >= 0.6 is 0 Å². The van der Waals surface area contributed by atoms with E-state index in [1.54, 1.807) is 0 Å². The number of hydrogen-bond acceptors (Lipinski definition) is 2. The van der Waals surface area contributed by atoms with E-state index >= 15 is 0 Å². The molecule has 2 amide bonds. The van der Waals surface area contributed by atoms with E-state index in [4.69, 9.17) is 0 Å². The van der Waals surface area contributed by atoms with Crippen LogP contribution in [-0.4, -0.2) is 34.3 Å². The molecule has 0 aromatic rings. The molecule has 2 atom stereocenters. The molecule has 1 aliphatic carbocycles. The molecule has 0 aromatic heterocycles. The Hall–Kier alpha value is -1.06. The lowest BCUT2D eigenvalue weighted by Crippen LogP contribution is -2.72. The van der Waals surface area contributed by atoms with Gasteiger partial charge in [0, 0.05) is 6.04 Å². The zero-order valence-corrected chi connectivity index (χ0v) is 14.1. The highest BCUT2D eigenvalue weighted by Gasteiger charge is 2.53. The van der Waals surface area contributed by atoms with E-state index in [0.717, 1.165) is 32.1 Å². The van der Waals surface area contributed by atoms with E-state index in [2.05, 4.69) is 26.1 Å². The van der Waals surface area contributed by atoms with Crippen molar-refractivity contribution in [3.8, 4) is 0 Å². The molecule has 1 heterocycles. The minimum Gasteiger partial charge on any atom is -0.340 e. The highest BCUT2D eigenvalue weighted by atomic mass is 16.2. The SMILES string of the molecule is CC(C)CC(C)N1C(=O)C2(CCCC2)NC(=O)C1C(C)C. The Morgan fingerprint density at radius 2 is 1.71 bits per heavy atom. The fourth-order valence-corrected chi connectivity index (χ4v) is 4.07. The number of rotatable bonds is 4. The van der Waals surface area contributed by atoms with Crippen LogP contribution in [0.1, 0.15) is 66.7 Å². The average molecular weight is 294 g/mol. The lowest BCUT2D eigenvalue weighted by atomic mass is 9.85. The van der Waals surface area contributed by atoms with E-state index in [1.165, 1.54) is 0 Å². The fraction of sp³-hybridized carbons (Fsp3) is 0.882. The third-order valence-corrected chi connectivity index (χ3v) is 4.95. The molecule has 1 saturated carbocycles. The van der Waals surface area contributed by atoms with Crippen LogP contribution in [0.2, 0.25) is 0 Å². The Labute approximate surface area is 128 Å². The van der Waals surface area contributed by atoms with Crippen LogP contribution in [0.25, 0.3) is 0 Å². The number of piperazine rings is 1. The molecule has 1 saturated heterocycles. The Balaban J connectivity index is 2.32. The Kier molecular flexibility index (Phi) is 4.64. The fourth-order valence-electron chi connectivity index (χ4n) is 4.07. The van der Waals surface area contributed by atoms with Crippen LogP contribution < -0.4 is 5.32 Å². The molecular weight excluding hydrogens is 264 g/mol. The minimum atomic E-state index is -0.603. The molecule has 120 valence electrons. The zero-order chi connectivity index (χ0) is 15.8. The molecule has 2 rings (SSSR count). The van der Waals surface area contributed by atoms with Gasteiger partial charge in [0.2, 0.25) is 11.8 Å². The topological polar surface area (TPSA) is 49.4 Å². The predicted molar refractivity (Wildman–Crippen MR) is 83.7 cm³/mol. The van der Waals surface area contributed by atoms with Gasteiger partial charge in [-0.25, -0.2) is 0 Å². The third-order valence-electron chi connectivity index (χ3n) is 4.95. The molecule has 1 N–H and O–H groups in total. The normalized spacial score (nSPS) is 26.8. The molecule has 1 aliphatic heterocycles. The van der Waals surface area contributed by atoms with Crippen molar-refractivity contribution in [2.24, 2.45) is 11.8 Å². The smallest absolute Gasteiger partial charge is 0.249 e. The van der Waals surface area contributed by atoms with Crippen LogP contribution in [0, 0.1) is 11.8 Å². The maximum Gasteiger partial charge on any atom is 0.249 e. The van der Waals surface area contributed by atoms with Gasteiger partial charge in [-0.3, -0.25) is 9.59 Å². The van der Waals surface area contributed by atoms with E-state index < -0.39 is 5.54 Å². The molecule has 4 heteroatoms. The Morgan fingerprint density at radius 3 is 2.19 bits per heavy atom. The molecule has 21 heavy (non-hydrogen) atoms. The van der Waals surface area contributed by atoms with Crippen molar-refractivity contribution in [2.45, 2.75) is 84.3 Å². The molecule has 2 unspecified atom stereocenters. The molecular formula is C17H30N2O2. The van der Waals surface area contributed by atoms with Crippen molar-refractivity contribution >= 4 is 11.8 Å². The Morgan fingerprint density at radius 1 is 1.14 bits per heavy atom. The number of carbonyl (C=O) groups is 2. The number of nitrogens with zero attached hydrogens (tertiary/aromatic N) is 1. The van der Waals surface area contributed by atoms with E-state index in [0.29, 0.717) is 5.92 Å². The molecule has 0 radical (unpaired) electrons. The summed E-state index contributed by atoms with van der Waals surface area (Å²) in [5, 5.41) is 3.08. The van der Waals surface area contributed by atoms with Crippen molar-refractivity contribution in [1.82, 2.24) is 10.2 Å². The molecule has 0 aromatic carbocycles. The van der Waals surface area contributed by atoms with Gasteiger partial charge in [0.05, 0.1) is 0 Å². The summed E-state index contributed by atoms with van der Waals surface area (Å²) in [5.41, 5.74) is -0.603. The number of nitrogens with one attached hydrogen (secondary N) is 1. The third kappa shape index (κ3) is 2.95. The Bertz CT molecular complexity index is 411. The van der Waals surface area contributed by atoms with Crippen molar-refractivity contribution in [1.29, 1.82) is 0 Å². The monoisotopic (exact) mass is 294 g/mol. The molecule has 1 spiro atoms. The first-order chi connectivity index (χ1) is 9.78. The quantitative estimate of drug-likeness (QED) is 0.866. The predicted octanol–water partition coefficient (Wildman–Crippen LogP) is 2.72. The van der Waals surface area contributed by atoms with Crippen LogP contribution in [0.4, 0.5) is 0 Å². The van der Waals surface area contributed by atoms with Crippen molar-refractivity contribution in [3.63, 3.8) is 0 Å². The summed E-state index contributed by atoms with van der Waals surface area (Å²) in [6.45, 7) is 10.5. The maximum absolute atomic E-state index is 13.1. The summed E-state index contributed by atoms with van der Waals surface area (Å²) in [4.78, 5) is 27.7. The number of carbonyl (C=O) groups excluding carboxylic acids is 2. The van der Waals surface area contributed by atoms with Gasteiger partial charge in [0.1, 0.15) is 11.6 Å². The van der Waals surface area contributed by atoms with E-state index in [1.807, 2.05) is 18.7 Å². The molecule has 0 bridgehead atoms. The summed E-state index contributed by atoms with van der Waals surface area (Å²) in [7, 11) is 0. The second-order valence-electron chi connectivity index (χ2n) is 7.66. The summed E-state index contributed by atoms with van der Waals surface area (Å²) in [6, 6.07) is -0.203. The molecule has 2 aliphatic rings. The summed E-state index contributed by atoms with van der Waals surface area (Å²) >= 11 is 0. The van der Waals surface area contributed by atoms with Gasteiger partial charge in [-0.2, -0.15) is 0 Å². The summed E-state index contributed by atoms with van der Waals surface area (Å²) in [5.74, 6) is 0.862. The van der Waals surface area contributed by atoms with Crippen LogP contribution in [-0.2, 0) is 9.59 Å². The van der Waals surface area contributed by atoms with Crippen molar-refractivity contribution < 1.29 is 9.59 Å². The standard InChI is InChI=1S/C17H30N2O2/c1-11(2)10-13(5)19-14(12(3)4)15(20)18-17(16(19)21)8-6-7-9-17/h11-14H,6-10H2,1-5H3,(H,18,20). The van der Waals surface area contributed by atoms with Gasteiger partial charge in [-0.15, -0.1) is 0 Å². The van der Waals surface area contributed by atoms with Gasteiger partial charge in [-0.05, 0) is 38.0 Å². The number of hydrogen-bond donors (Lipinski definition) is 1. The highest BCUT2D eigenvalue weighted by Crippen LogP contribution is 2.37. The van der Waals surface area contributed by atoms with Crippen LogP contribution in [0.3, 0.4) is 0 Å². The zero-order valence-electron chi connectivity index (χ0n) is 14.1. The lowest BCUT2D eigenvalue weighted by molar-refractivity contribution is -0.159. The number of amides is 2. The van der Waals surface area contributed by atoms with Crippen molar-refractivity contribution in [3.05, 3.63) is 0 Å². The molecule has 2 fully saturated rings. The van der Waals surface area contributed by atoms with Gasteiger partial charge in [0.15, 0.2) is 0 Å². The summed E-state index contributed by atoms with van der Waals surface area (Å²) in [6.07, 6.45) is 4.61. The van der Waals surface area contributed by atoms with Gasteiger partial charge in [-0.1, -0.05) is 40.5 Å². The second kappa shape index (κ2) is 5.98. The van der Waals surface area contributed by atoms with E-state index in [9.17, 15) is 9.59 Å². The second-order valence-corrected chi connectivity index (χ2v) is 7.66. The van der Waals surface area contributed by atoms with Gasteiger partial charge in [0.25, 0.3) is 0 Å². The van der Waals surface area contributed by atoms with Crippen LogP contribution in [0.15, 0.2) is 0 Å². The highest BCUT2D eigenvalue weighted by molar-refractivity contribution is 6.00. The first-order valence-electron chi connectivity index (χ1n) is 8.43. The van der Waals surface area contributed by atoms with E-state index in [-0.39, 0.29) is 29.8 Å². The van der Waals surface area contributed by atoms with Gasteiger partial charge < -0.3 is 10.2 Å². The average Bonchev–Trinajstić information content (AvgIpc) is 2.81. The van der Waals surface area contributed by atoms with Gasteiger partial charge >= 0.3 is 0 Å². The first-order valence-corrected chi connectivity index (χ1v) is 8.43. The lowest BCUT2D eigenvalue weighted by Gasteiger charge is -2.48.